The molecule has 2 N–H and O–H groups in total. The second-order valence-corrected chi connectivity index (χ2v) is 3.44. The summed E-state index contributed by atoms with van der Waals surface area (Å²) in [5.74, 6) is 0. The van der Waals surface area contributed by atoms with E-state index >= 15 is 0 Å². The number of benzene rings is 1. The molecule has 0 saturated heterocycles. The van der Waals surface area contributed by atoms with Crippen molar-refractivity contribution in [1.82, 2.24) is 4.98 Å². The van der Waals surface area contributed by atoms with Gasteiger partial charge in [0.15, 0.2) is 0 Å². The number of hydrogen-bond donors (Lipinski definition) is 1. The lowest BCUT2D eigenvalue weighted by atomic mass is 10.1. The summed E-state index contributed by atoms with van der Waals surface area (Å²) in [7, 11) is 0. The van der Waals surface area contributed by atoms with E-state index in [1.165, 1.54) is 0 Å². The molecule has 0 aliphatic heterocycles. The minimum absolute atomic E-state index is 0.707. The van der Waals surface area contributed by atoms with Gasteiger partial charge in [0.25, 0.3) is 0 Å². The van der Waals surface area contributed by atoms with Crippen molar-refractivity contribution in [2.75, 3.05) is 5.73 Å². The molecule has 0 aliphatic carbocycles. The van der Waals surface area contributed by atoms with Gasteiger partial charge in [-0.15, -0.1) is 0 Å². The number of aryl methyl sites for hydroxylation is 1. The van der Waals surface area contributed by atoms with Gasteiger partial charge in [-0.3, -0.25) is 4.98 Å². The van der Waals surface area contributed by atoms with Crippen LogP contribution in [0.25, 0.3) is 10.9 Å². The quantitative estimate of drug-likeness (QED) is 0.588. The third kappa shape index (κ3) is 1.86. The van der Waals surface area contributed by atoms with Gasteiger partial charge < -0.3 is 5.73 Å². The number of hydrogen-bond acceptors (Lipinski definition) is 4. The topological polar surface area (TPSA) is 51.3 Å². The minimum Gasteiger partial charge on any atom is -0.398 e. The fraction of sp³-hybridized carbons (Fsp3) is 0.0909. The number of isothiocyanates is 1. The molecule has 0 aliphatic rings. The maximum Gasteiger partial charge on any atom is 0.0747 e. The Bertz CT molecular complexity index is 571. The number of pyridine rings is 1. The predicted molar refractivity (Wildman–Crippen MR) is 65.6 cm³/mol. The standard InChI is InChI=1S/C11H9N3S/c1-7-4-10(12)9-5-8(13-6-15)2-3-11(9)14-7/h2-5H,1H3,(H2,12,14). The van der Waals surface area contributed by atoms with Crippen LogP contribution in [-0.2, 0) is 0 Å². The van der Waals surface area contributed by atoms with Crippen molar-refractivity contribution < 1.29 is 0 Å². The molecule has 0 radical (unpaired) electrons. The molecule has 3 nitrogen and oxygen atoms in total. The van der Waals surface area contributed by atoms with E-state index in [-0.39, 0.29) is 0 Å². The lowest BCUT2D eigenvalue weighted by Crippen LogP contribution is -1.91. The van der Waals surface area contributed by atoms with E-state index in [2.05, 4.69) is 27.4 Å². The molecular weight excluding hydrogens is 206 g/mol. The molecule has 1 heterocycles. The second-order valence-electron chi connectivity index (χ2n) is 3.26. The van der Waals surface area contributed by atoms with Gasteiger partial charge in [-0.05, 0) is 43.4 Å². The van der Waals surface area contributed by atoms with E-state index in [0.717, 1.165) is 22.3 Å². The Kier molecular flexibility index (Phi) is 2.46. The van der Waals surface area contributed by atoms with Crippen molar-refractivity contribution in [3.05, 3.63) is 30.0 Å². The normalized spacial score (nSPS) is 9.93. The summed E-state index contributed by atoms with van der Waals surface area (Å²) in [6.45, 7) is 1.92. The third-order valence-corrected chi connectivity index (χ3v) is 2.22. The fourth-order valence-electron chi connectivity index (χ4n) is 1.50. The van der Waals surface area contributed by atoms with E-state index in [1.54, 1.807) is 0 Å². The molecule has 0 saturated carbocycles. The average molecular weight is 215 g/mol. The largest absolute Gasteiger partial charge is 0.398 e. The maximum absolute atomic E-state index is 5.89. The van der Waals surface area contributed by atoms with Gasteiger partial charge in [0, 0.05) is 16.8 Å². The third-order valence-electron chi connectivity index (χ3n) is 2.13. The molecule has 1 aromatic carbocycles. The van der Waals surface area contributed by atoms with Crippen molar-refractivity contribution >= 4 is 39.7 Å². The lowest BCUT2D eigenvalue weighted by Gasteiger charge is -2.03. The van der Waals surface area contributed by atoms with Crippen LogP contribution in [0.5, 0.6) is 0 Å². The first-order chi connectivity index (χ1) is 7.20. The molecule has 0 atom stereocenters. The lowest BCUT2D eigenvalue weighted by molar-refractivity contribution is 1.26. The van der Waals surface area contributed by atoms with E-state index in [0.29, 0.717) is 5.69 Å². The van der Waals surface area contributed by atoms with Crippen LogP contribution < -0.4 is 5.73 Å². The Labute approximate surface area is 92.7 Å². The number of thiocarbonyl (C=S) groups is 1. The summed E-state index contributed by atoms with van der Waals surface area (Å²) in [5, 5.41) is 3.22. The highest BCUT2D eigenvalue weighted by Crippen LogP contribution is 2.24. The molecule has 0 amide bonds. The van der Waals surface area contributed by atoms with Gasteiger partial charge in [-0.2, -0.15) is 4.99 Å². The number of fused-ring (bicyclic) bond motifs is 1. The zero-order valence-corrected chi connectivity index (χ0v) is 9.01. The second kappa shape index (κ2) is 3.77. The summed E-state index contributed by atoms with van der Waals surface area (Å²) in [6.07, 6.45) is 0. The molecule has 0 fully saturated rings. The van der Waals surface area contributed by atoms with E-state index in [1.807, 2.05) is 31.2 Å². The smallest absolute Gasteiger partial charge is 0.0747 e. The number of anilines is 1. The van der Waals surface area contributed by atoms with Crippen LogP contribution in [0.1, 0.15) is 5.69 Å². The van der Waals surface area contributed by atoms with Crippen LogP contribution in [0.15, 0.2) is 29.3 Å². The van der Waals surface area contributed by atoms with Crippen LogP contribution in [0.2, 0.25) is 0 Å². The summed E-state index contributed by atoms with van der Waals surface area (Å²) in [6, 6.07) is 7.42. The number of aromatic nitrogens is 1. The predicted octanol–water partition coefficient (Wildman–Crippen LogP) is 2.86. The molecule has 15 heavy (non-hydrogen) atoms. The zero-order chi connectivity index (χ0) is 10.8. The first kappa shape index (κ1) is 9.77. The van der Waals surface area contributed by atoms with Gasteiger partial charge in [0.1, 0.15) is 0 Å². The first-order valence-electron chi connectivity index (χ1n) is 4.45. The molecule has 0 unspecified atom stereocenters. The van der Waals surface area contributed by atoms with Gasteiger partial charge >= 0.3 is 0 Å². The molecule has 1 aromatic heterocycles. The highest BCUT2D eigenvalue weighted by Gasteiger charge is 2.01. The zero-order valence-electron chi connectivity index (χ0n) is 8.19. The van der Waals surface area contributed by atoms with Gasteiger partial charge in [-0.1, -0.05) is 0 Å². The van der Waals surface area contributed by atoms with E-state index in [9.17, 15) is 0 Å². The Morgan fingerprint density at radius 3 is 2.93 bits per heavy atom. The highest BCUT2D eigenvalue weighted by atomic mass is 32.1. The summed E-state index contributed by atoms with van der Waals surface area (Å²) < 4.78 is 0. The molecule has 4 heteroatoms. The molecule has 0 spiro atoms. The van der Waals surface area contributed by atoms with Crippen molar-refractivity contribution in [2.45, 2.75) is 6.92 Å². The molecule has 0 bridgehead atoms. The van der Waals surface area contributed by atoms with Crippen molar-refractivity contribution in [1.29, 1.82) is 0 Å². The van der Waals surface area contributed by atoms with Crippen LogP contribution in [-0.4, -0.2) is 10.1 Å². The minimum atomic E-state index is 0.707. The van der Waals surface area contributed by atoms with Crippen molar-refractivity contribution in [2.24, 2.45) is 4.99 Å². The number of nitrogens with zero attached hydrogens (tertiary/aromatic N) is 2. The number of rotatable bonds is 1. The maximum atomic E-state index is 5.89. The van der Waals surface area contributed by atoms with Crippen molar-refractivity contribution in [3.63, 3.8) is 0 Å². The number of nitrogens with two attached hydrogens (primary N) is 1. The van der Waals surface area contributed by atoms with Gasteiger partial charge in [0.05, 0.1) is 16.4 Å². The fourth-order valence-corrected chi connectivity index (χ4v) is 1.61. The Hall–Kier alpha value is -1.77. The molecule has 74 valence electrons. The first-order valence-corrected chi connectivity index (χ1v) is 4.86. The van der Waals surface area contributed by atoms with Crippen LogP contribution in [0, 0.1) is 6.92 Å². The Morgan fingerprint density at radius 1 is 1.40 bits per heavy atom. The van der Waals surface area contributed by atoms with E-state index in [4.69, 9.17) is 5.73 Å². The molecule has 2 rings (SSSR count). The van der Waals surface area contributed by atoms with Crippen LogP contribution in [0.4, 0.5) is 11.4 Å². The highest BCUT2D eigenvalue weighted by molar-refractivity contribution is 7.78. The van der Waals surface area contributed by atoms with Crippen molar-refractivity contribution in [3.8, 4) is 0 Å². The van der Waals surface area contributed by atoms with Gasteiger partial charge in [-0.25, -0.2) is 0 Å². The van der Waals surface area contributed by atoms with Crippen LogP contribution in [0.3, 0.4) is 0 Å². The monoisotopic (exact) mass is 215 g/mol. The summed E-state index contributed by atoms with van der Waals surface area (Å²) in [5.41, 5.74) is 9.13. The summed E-state index contributed by atoms with van der Waals surface area (Å²) in [4.78, 5) is 8.27. The molecule has 2 aromatic rings. The Balaban J connectivity index is 2.76. The number of nitrogen functional groups attached to an aromatic ring is 1. The summed E-state index contributed by atoms with van der Waals surface area (Å²) >= 11 is 4.55. The van der Waals surface area contributed by atoms with Crippen LogP contribution >= 0.6 is 12.2 Å². The SMILES string of the molecule is Cc1cc(N)c2cc(N=C=S)ccc2n1. The average Bonchev–Trinajstić information content (AvgIpc) is 2.19. The van der Waals surface area contributed by atoms with Gasteiger partial charge in [0.2, 0.25) is 0 Å². The molecular formula is C11H9N3S. The number of aliphatic imine (C=N–C) groups is 1. The Morgan fingerprint density at radius 2 is 2.20 bits per heavy atom. The van der Waals surface area contributed by atoms with E-state index < -0.39 is 0 Å².